The summed E-state index contributed by atoms with van der Waals surface area (Å²) >= 11 is 1.55. The molecule has 2 heterocycles. The summed E-state index contributed by atoms with van der Waals surface area (Å²) in [6.45, 7) is 0. The fourth-order valence-electron chi connectivity index (χ4n) is 2.36. The summed E-state index contributed by atoms with van der Waals surface area (Å²) in [4.78, 5) is 5.48. The van der Waals surface area contributed by atoms with Gasteiger partial charge in [0.15, 0.2) is 16.5 Å². The molecule has 0 saturated carbocycles. The Balaban J connectivity index is 2.06. The summed E-state index contributed by atoms with van der Waals surface area (Å²) in [6, 6.07) is 12.8. The molecule has 0 amide bonds. The van der Waals surface area contributed by atoms with Crippen LogP contribution in [0, 0.1) is 0 Å². The molecule has 0 spiro atoms. The Morgan fingerprint density at radius 3 is 2.70 bits per heavy atom. The lowest BCUT2D eigenvalue weighted by Crippen LogP contribution is -1.85. The quantitative estimate of drug-likeness (QED) is 0.524. The van der Waals surface area contributed by atoms with E-state index in [0.717, 1.165) is 27.3 Å². The summed E-state index contributed by atoms with van der Waals surface area (Å²) in [5, 5.41) is 21.1. The van der Waals surface area contributed by atoms with E-state index in [0.29, 0.717) is 0 Å². The molecular formula is C15H10N2O2S. The van der Waals surface area contributed by atoms with Crippen molar-refractivity contribution in [3.8, 4) is 22.8 Å². The van der Waals surface area contributed by atoms with Crippen molar-refractivity contribution in [2.24, 2.45) is 0 Å². The minimum absolute atomic E-state index is 0.115. The van der Waals surface area contributed by atoms with E-state index in [-0.39, 0.29) is 11.5 Å². The second-order valence-corrected chi connectivity index (χ2v) is 5.38. The normalized spacial score (nSPS) is 11.4. The maximum atomic E-state index is 9.66. The van der Waals surface area contributed by atoms with Crippen LogP contribution >= 0.6 is 11.3 Å². The third kappa shape index (κ3) is 1.50. The van der Waals surface area contributed by atoms with Crippen LogP contribution in [-0.2, 0) is 0 Å². The van der Waals surface area contributed by atoms with Crippen LogP contribution in [-0.4, -0.2) is 19.6 Å². The molecule has 0 radical (unpaired) electrons. The highest BCUT2D eigenvalue weighted by molar-refractivity contribution is 7.15. The van der Waals surface area contributed by atoms with Crippen LogP contribution in [0.4, 0.5) is 0 Å². The van der Waals surface area contributed by atoms with Crippen molar-refractivity contribution in [2.75, 3.05) is 0 Å². The second-order valence-electron chi connectivity index (χ2n) is 4.54. The Kier molecular flexibility index (Phi) is 2.25. The molecule has 4 aromatic rings. The lowest BCUT2D eigenvalue weighted by atomic mass is 10.1. The SMILES string of the molecule is Oc1ccc(-c2csc3nc4ccccc4n23)cc1O. The van der Waals surface area contributed by atoms with Gasteiger partial charge in [0.2, 0.25) is 0 Å². The van der Waals surface area contributed by atoms with Gasteiger partial charge >= 0.3 is 0 Å². The van der Waals surface area contributed by atoms with Crippen LogP contribution in [0.25, 0.3) is 27.3 Å². The Bertz CT molecular complexity index is 940. The number of phenols is 2. The van der Waals surface area contributed by atoms with Gasteiger partial charge in [-0.2, -0.15) is 0 Å². The number of imidazole rings is 1. The first kappa shape index (κ1) is 11.3. The van der Waals surface area contributed by atoms with Crippen molar-refractivity contribution in [1.82, 2.24) is 9.38 Å². The average Bonchev–Trinajstić information content (AvgIpc) is 3.00. The van der Waals surface area contributed by atoms with Crippen LogP contribution in [0.2, 0.25) is 0 Å². The fraction of sp³-hybridized carbons (Fsp3) is 0. The van der Waals surface area contributed by atoms with Gasteiger partial charge in [0, 0.05) is 10.9 Å². The topological polar surface area (TPSA) is 57.8 Å². The van der Waals surface area contributed by atoms with Gasteiger partial charge in [0.05, 0.1) is 16.7 Å². The highest BCUT2D eigenvalue weighted by Crippen LogP contribution is 2.34. The largest absolute Gasteiger partial charge is 0.504 e. The van der Waals surface area contributed by atoms with E-state index in [2.05, 4.69) is 9.38 Å². The molecule has 0 unspecified atom stereocenters. The smallest absolute Gasteiger partial charge is 0.195 e. The number of benzene rings is 2. The Morgan fingerprint density at radius 1 is 1.00 bits per heavy atom. The van der Waals surface area contributed by atoms with Crippen molar-refractivity contribution in [1.29, 1.82) is 0 Å². The zero-order valence-corrected chi connectivity index (χ0v) is 11.1. The number of thiazole rings is 1. The Morgan fingerprint density at radius 2 is 1.85 bits per heavy atom. The van der Waals surface area contributed by atoms with Crippen LogP contribution in [0.1, 0.15) is 0 Å². The number of aromatic hydroxyl groups is 2. The molecule has 0 bridgehead atoms. The van der Waals surface area contributed by atoms with Gasteiger partial charge in [-0.3, -0.25) is 4.40 Å². The molecule has 0 fully saturated rings. The number of para-hydroxylation sites is 2. The molecule has 0 aliphatic carbocycles. The molecule has 2 N–H and O–H groups in total. The van der Waals surface area contributed by atoms with E-state index >= 15 is 0 Å². The van der Waals surface area contributed by atoms with Crippen LogP contribution in [0.15, 0.2) is 47.8 Å². The number of rotatable bonds is 1. The number of hydrogen-bond donors (Lipinski definition) is 2. The van der Waals surface area contributed by atoms with Crippen molar-refractivity contribution >= 4 is 27.3 Å². The van der Waals surface area contributed by atoms with Gasteiger partial charge in [-0.1, -0.05) is 12.1 Å². The zero-order valence-electron chi connectivity index (χ0n) is 10.3. The van der Waals surface area contributed by atoms with E-state index in [4.69, 9.17) is 0 Å². The third-order valence-electron chi connectivity index (χ3n) is 3.32. The third-order valence-corrected chi connectivity index (χ3v) is 4.14. The lowest BCUT2D eigenvalue weighted by Gasteiger charge is -2.03. The molecule has 0 atom stereocenters. The zero-order chi connectivity index (χ0) is 13.7. The minimum atomic E-state index is -0.119. The molecule has 0 aliphatic heterocycles. The molecule has 4 rings (SSSR count). The van der Waals surface area contributed by atoms with Crippen molar-refractivity contribution < 1.29 is 10.2 Å². The molecule has 4 nitrogen and oxygen atoms in total. The maximum absolute atomic E-state index is 9.66. The number of nitrogens with zero attached hydrogens (tertiary/aromatic N) is 2. The molecule has 2 aromatic heterocycles. The molecule has 0 aliphatic rings. The van der Waals surface area contributed by atoms with Gasteiger partial charge in [0.1, 0.15) is 0 Å². The van der Waals surface area contributed by atoms with E-state index in [1.54, 1.807) is 23.5 Å². The van der Waals surface area contributed by atoms with Crippen molar-refractivity contribution in [2.45, 2.75) is 0 Å². The van der Waals surface area contributed by atoms with Crippen LogP contribution < -0.4 is 0 Å². The molecule has 5 heteroatoms. The highest BCUT2D eigenvalue weighted by atomic mass is 32.1. The first-order chi connectivity index (χ1) is 9.74. The second kappa shape index (κ2) is 3.98. The fourth-order valence-corrected chi connectivity index (χ4v) is 3.27. The van der Waals surface area contributed by atoms with Crippen LogP contribution in [0.3, 0.4) is 0 Å². The van der Waals surface area contributed by atoms with Gasteiger partial charge in [0.25, 0.3) is 0 Å². The summed E-state index contributed by atoms with van der Waals surface area (Å²) in [5.41, 5.74) is 3.78. The molecule has 2 aromatic carbocycles. The van der Waals surface area contributed by atoms with Crippen LogP contribution in [0.5, 0.6) is 11.5 Å². The predicted octanol–water partition coefficient (Wildman–Crippen LogP) is 3.63. The van der Waals surface area contributed by atoms with E-state index in [1.807, 2.05) is 29.6 Å². The van der Waals surface area contributed by atoms with Gasteiger partial charge in [-0.25, -0.2) is 4.98 Å². The van der Waals surface area contributed by atoms with Gasteiger partial charge in [-0.15, -0.1) is 11.3 Å². The molecule has 20 heavy (non-hydrogen) atoms. The number of hydrogen-bond acceptors (Lipinski definition) is 4. The highest BCUT2D eigenvalue weighted by Gasteiger charge is 2.12. The Hall–Kier alpha value is -2.53. The van der Waals surface area contributed by atoms with E-state index in [1.165, 1.54) is 6.07 Å². The molecular weight excluding hydrogens is 272 g/mol. The van der Waals surface area contributed by atoms with Gasteiger partial charge < -0.3 is 10.2 Å². The number of aromatic nitrogens is 2. The van der Waals surface area contributed by atoms with E-state index < -0.39 is 0 Å². The van der Waals surface area contributed by atoms with E-state index in [9.17, 15) is 10.2 Å². The summed E-state index contributed by atoms with van der Waals surface area (Å²) in [5.74, 6) is -0.234. The molecule has 98 valence electrons. The summed E-state index contributed by atoms with van der Waals surface area (Å²) in [6.07, 6.45) is 0. The minimum Gasteiger partial charge on any atom is -0.504 e. The number of phenolic OH excluding ortho intramolecular Hbond substituents is 2. The van der Waals surface area contributed by atoms with Gasteiger partial charge in [-0.05, 0) is 30.3 Å². The van der Waals surface area contributed by atoms with Crippen molar-refractivity contribution in [3.05, 3.63) is 47.8 Å². The first-order valence-electron chi connectivity index (χ1n) is 6.11. The summed E-state index contributed by atoms with van der Waals surface area (Å²) in [7, 11) is 0. The average molecular weight is 282 g/mol. The maximum Gasteiger partial charge on any atom is 0.195 e. The lowest BCUT2D eigenvalue weighted by molar-refractivity contribution is 0.404. The summed E-state index contributed by atoms with van der Waals surface area (Å²) < 4.78 is 2.06. The van der Waals surface area contributed by atoms with Crippen molar-refractivity contribution in [3.63, 3.8) is 0 Å². The standard InChI is InChI=1S/C15H10N2O2S/c18-13-6-5-9(7-14(13)19)12-8-20-15-16-10-3-1-2-4-11(10)17(12)15/h1-8,18-19H. The first-order valence-corrected chi connectivity index (χ1v) is 6.99. The predicted molar refractivity (Wildman–Crippen MR) is 79.3 cm³/mol. The number of fused-ring (bicyclic) bond motifs is 3. The monoisotopic (exact) mass is 282 g/mol. The molecule has 0 saturated heterocycles. The Labute approximate surface area is 118 Å².